The number of ether oxygens (including phenoxy) is 2. The van der Waals surface area contributed by atoms with E-state index in [0.717, 1.165) is 0 Å². The number of hydrogen-bond donors (Lipinski definition) is 3. The van der Waals surface area contributed by atoms with Gasteiger partial charge in [-0.2, -0.15) is 0 Å². The van der Waals surface area contributed by atoms with Crippen LogP contribution in [-0.4, -0.2) is 51.5 Å². The minimum absolute atomic E-state index is 0.00154. The molecule has 2 aromatic carbocycles. The summed E-state index contributed by atoms with van der Waals surface area (Å²) >= 11 is 0. The molecule has 3 heterocycles. The Kier molecular flexibility index (Phi) is 5.67. The fraction of sp³-hybridized carbons (Fsp3) is 0.240. The van der Waals surface area contributed by atoms with Crippen molar-refractivity contribution in [3.8, 4) is 17.2 Å². The molecule has 0 bridgehead atoms. The number of Topliss-reactive ketones (excluding diaryl/α,β-unsaturated/α-hetero) is 1. The Morgan fingerprint density at radius 3 is 2.59 bits per heavy atom. The van der Waals surface area contributed by atoms with Crippen LogP contribution in [0.15, 0.2) is 66.8 Å². The van der Waals surface area contributed by atoms with Crippen molar-refractivity contribution in [1.29, 1.82) is 0 Å². The Labute approximate surface area is 195 Å². The molecule has 9 nitrogen and oxygen atoms in total. The van der Waals surface area contributed by atoms with Gasteiger partial charge in [0.15, 0.2) is 11.5 Å². The number of H-pyrrole nitrogens is 1. The number of nitrogens with zero attached hydrogens (tertiary/aromatic N) is 2. The average Bonchev–Trinajstić information content (AvgIpc) is 3.46. The highest BCUT2D eigenvalue weighted by molar-refractivity contribution is 6.46. The zero-order chi connectivity index (χ0) is 23.7. The molecule has 3 aromatic rings. The summed E-state index contributed by atoms with van der Waals surface area (Å²) in [5.74, 6) is -0.613. The number of carbonyl (C=O) groups excluding carboxylic acids is 2. The third kappa shape index (κ3) is 3.96. The molecule has 5 rings (SSSR count). The SMILES string of the molecule is O=C1C(=O)N(CCC[n+]2cc[nH]c2)C(c2ccc(O)cc2)/C1=C(\O)c1ccc2c(c1)OCCO2. The highest BCUT2D eigenvalue weighted by atomic mass is 16.6. The molecule has 2 aliphatic rings. The van der Waals surface area contributed by atoms with Crippen molar-refractivity contribution < 1.29 is 33.8 Å². The summed E-state index contributed by atoms with van der Waals surface area (Å²) in [6, 6.07) is 10.4. The molecule has 1 atom stereocenters. The lowest BCUT2D eigenvalue weighted by atomic mass is 9.95. The van der Waals surface area contributed by atoms with Crippen LogP contribution in [0, 0.1) is 0 Å². The number of phenols is 1. The number of aromatic hydroxyl groups is 1. The van der Waals surface area contributed by atoms with Gasteiger partial charge in [-0.3, -0.25) is 14.6 Å². The number of rotatable bonds is 6. The number of ketones is 1. The fourth-order valence-corrected chi connectivity index (χ4v) is 4.34. The Morgan fingerprint density at radius 2 is 1.85 bits per heavy atom. The third-order valence-corrected chi connectivity index (χ3v) is 5.98. The summed E-state index contributed by atoms with van der Waals surface area (Å²) < 4.78 is 13.1. The molecule has 1 aromatic heterocycles. The van der Waals surface area contributed by atoms with Gasteiger partial charge in [-0.1, -0.05) is 12.1 Å². The van der Waals surface area contributed by atoms with Crippen LogP contribution >= 0.6 is 0 Å². The smallest absolute Gasteiger partial charge is 0.295 e. The van der Waals surface area contributed by atoms with Crippen LogP contribution < -0.4 is 14.0 Å². The molecule has 0 spiro atoms. The number of fused-ring (bicyclic) bond motifs is 1. The van der Waals surface area contributed by atoms with Crippen LogP contribution in [0.3, 0.4) is 0 Å². The maximum Gasteiger partial charge on any atom is 0.295 e. The van der Waals surface area contributed by atoms with Gasteiger partial charge in [0.1, 0.15) is 37.1 Å². The average molecular weight is 462 g/mol. The Hall–Kier alpha value is -4.27. The Bertz CT molecular complexity index is 1250. The first-order valence-electron chi connectivity index (χ1n) is 11.0. The standard InChI is InChI=1S/C25H23N3O6/c29-18-5-2-16(3-6-18)22-21(23(30)17-4-7-19-20(14-17)34-13-12-33-19)24(31)25(32)28(22)10-1-9-27-11-8-26-15-27/h2-8,11,14-15,22H,1,9-10,12-13H2,(H2,29,30,31)/p+1. The van der Waals surface area contributed by atoms with Crippen molar-refractivity contribution in [3.63, 3.8) is 0 Å². The minimum Gasteiger partial charge on any atom is -0.508 e. The number of imidazole rings is 1. The molecule has 0 aliphatic carbocycles. The molecule has 34 heavy (non-hydrogen) atoms. The van der Waals surface area contributed by atoms with E-state index in [1.807, 2.05) is 17.1 Å². The van der Waals surface area contributed by atoms with Gasteiger partial charge in [0.2, 0.25) is 6.33 Å². The molecular weight excluding hydrogens is 438 g/mol. The first-order chi connectivity index (χ1) is 16.5. The highest BCUT2D eigenvalue weighted by Crippen LogP contribution is 2.41. The molecule has 3 N–H and O–H groups in total. The van der Waals surface area contributed by atoms with Gasteiger partial charge in [-0.15, -0.1) is 0 Å². The van der Waals surface area contributed by atoms with Crippen LogP contribution in [0.5, 0.6) is 17.2 Å². The van der Waals surface area contributed by atoms with Gasteiger partial charge in [0.05, 0.1) is 18.2 Å². The number of aryl methyl sites for hydroxylation is 1. The van der Waals surface area contributed by atoms with Crippen molar-refractivity contribution in [2.24, 2.45) is 0 Å². The van der Waals surface area contributed by atoms with Crippen molar-refractivity contribution in [1.82, 2.24) is 9.88 Å². The lowest BCUT2D eigenvalue weighted by molar-refractivity contribution is -0.695. The van der Waals surface area contributed by atoms with Crippen molar-refractivity contribution in [2.75, 3.05) is 19.8 Å². The van der Waals surface area contributed by atoms with Gasteiger partial charge >= 0.3 is 0 Å². The molecule has 1 fully saturated rings. The van der Waals surface area contributed by atoms with Gasteiger partial charge in [-0.05, 0) is 35.9 Å². The van der Waals surface area contributed by atoms with Crippen LogP contribution in [0.1, 0.15) is 23.6 Å². The quantitative estimate of drug-likeness (QED) is 0.224. The van der Waals surface area contributed by atoms with Gasteiger partial charge in [0, 0.05) is 18.5 Å². The number of aliphatic hydroxyl groups is 1. The highest BCUT2D eigenvalue weighted by Gasteiger charge is 2.46. The first-order valence-corrected chi connectivity index (χ1v) is 11.0. The van der Waals surface area contributed by atoms with E-state index in [4.69, 9.17) is 9.47 Å². The molecule has 0 saturated carbocycles. The monoisotopic (exact) mass is 462 g/mol. The largest absolute Gasteiger partial charge is 0.508 e. The normalized spacial score (nSPS) is 18.9. The zero-order valence-corrected chi connectivity index (χ0v) is 18.3. The van der Waals surface area contributed by atoms with Gasteiger partial charge in [0.25, 0.3) is 11.7 Å². The molecule has 2 aliphatic heterocycles. The first kappa shape index (κ1) is 21.6. The Balaban J connectivity index is 1.53. The van der Waals surface area contributed by atoms with E-state index in [-0.39, 0.29) is 17.1 Å². The van der Waals surface area contributed by atoms with Crippen molar-refractivity contribution in [3.05, 3.63) is 77.9 Å². The van der Waals surface area contributed by atoms with E-state index in [1.54, 1.807) is 36.5 Å². The summed E-state index contributed by atoms with van der Waals surface area (Å²) in [6.45, 7) is 1.78. The summed E-state index contributed by atoms with van der Waals surface area (Å²) in [4.78, 5) is 30.6. The molecule has 1 saturated heterocycles. The lowest BCUT2D eigenvalue weighted by Gasteiger charge is -2.25. The Morgan fingerprint density at radius 1 is 1.09 bits per heavy atom. The van der Waals surface area contributed by atoms with E-state index >= 15 is 0 Å². The van der Waals surface area contributed by atoms with Crippen molar-refractivity contribution in [2.45, 2.75) is 19.0 Å². The predicted molar refractivity (Wildman–Crippen MR) is 120 cm³/mol. The third-order valence-electron chi connectivity index (χ3n) is 5.98. The number of carbonyl (C=O) groups is 2. The minimum atomic E-state index is -0.787. The molecule has 0 radical (unpaired) electrons. The molecule has 1 amide bonds. The van der Waals surface area contributed by atoms with Crippen LogP contribution in [0.4, 0.5) is 0 Å². The molecule has 9 heteroatoms. The second-order valence-corrected chi connectivity index (χ2v) is 8.15. The summed E-state index contributed by atoms with van der Waals surface area (Å²) in [5.41, 5.74) is 0.973. The molecular formula is C25H24N3O6+. The van der Waals surface area contributed by atoms with Crippen LogP contribution in [0.25, 0.3) is 5.76 Å². The number of amides is 1. The molecule has 1 unspecified atom stereocenters. The van der Waals surface area contributed by atoms with Gasteiger partial charge in [-0.25, -0.2) is 4.57 Å². The summed E-state index contributed by atoms with van der Waals surface area (Å²) in [7, 11) is 0. The maximum absolute atomic E-state index is 13.1. The number of aromatic nitrogens is 2. The number of aromatic amines is 1. The van der Waals surface area contributed by atoms with E-state index in [9.17, 15) is 19.8 Å². The lowest BCUT2D eigenvalue weighted by Crippen LogP contribution is -2.36. The van der Waals surface area contributed by atoms with Crippen molar-refractivity contribution >= 4 is 17.4 Å². The van der Waals surface area contributed by atoms with E-state index in [2.05, 4.69) is 4.98 Å². The number of benzene rings is 2. The van der Waals surface area contributed by atoms with E-state index in [0.29, 0.717) is 55.4 Å². The fourth-order valence-electron chi connectivity index (χ4n) is 4.34. The van der Waals surface area contributed by atoms with Gasteiger partial charge < -0.3 is 24.6 Å². The zero-order valence-electron chi connectivity index (χ0n) is 18.3. The topological polar surface area (TPSA) is 116 Å². The molecule has 174 valence electrons. The van der Waals surface area contributed by atoms with E-state index in [1.165, 1.54) is 17.0 Å². The summed E-state index contributed by atoms with van der Waals surface area (Å²) in [6.07, 6.45) is 6.10. The number of aliphatic hydroxyl groups excluding tert-OH is 1. The number of phenolic OH excluding ortho intramolecular Hbond substituents is 1. The van der Waals surface area contributed by atoms with Crippen LogP contribution in [-0.2, 0) is 16.1 Å². The summed E-state index contributed by atoms with van der Waals surface area (Å²) in [5, 5.41) is 21.0. The second-order valence-electron chi connectivity index (χ2n) is 8.15. The number of likely N-dealkylation sites (tertiary alicyclic amines) is 1. The maximum atomic E-state index is 13.1. The number of hydrogen-bond acceptors (Lipinski definition) is 6. The van der Waals surface area contributed by atoms with Crippen LogP contribution in [0.2, 0.25) is 0 Å². The number of nitrogens with one attached hydrogen (secondary N) is 1. The second kappa shape index (κ2) is 8.93. The predicted octanol–water partition coefficient (Wildman–Crippen LogP) is 2.29. The van der Waals surface area contributed by atoms with E-state index < -0.39 is 17.7 Å².